The van der Waals surface area contributed by atoms with Crippen LogP contribution in [0.2, 0.25) is 0 Å². The van der Waals surface area contributed by atoms with E-state index in [4.69, 9.17) is 0 Å². The standard InChI is InChI=1S/C39H27Br2N/c1-26-11-6-4-2-3-5-7-14-33(26)28-21-29(35-16-10-13-27-12-8-9-15-34(27)35)23-32(22-28)42-38-19-17-30(40)24-36(38)37-25-31(41)18-20-39(37)42/h2,4-25H,1,3H2/b4-2-,7-5-,11-6-,33-14?. The van der Waals surface area contributed by atoms with Crippen molar-refractivity contribution < 1.29 is 0 Å². The maximum atomic E-state index is 4.47. The zero-order valence-corrected chi connectivity index (χ0v) is 26.1. The first-order valence-electron chi connectivity index (χ1n) is 14.0. The highest BCUT2D eigenvalue weighted by molar-refractivity contribution is 9.10. The topological polar surface area (TPSA) is 4.93 Å². The van der Waals surface area contributed by atoms with Gasteiger partial charge >= 0.3 is 0 Å². The van der Waals surface area contributed by atoms with Crippen LogP contribution in [0.4, 0.5) is 0 Å². The third-order valence-electron chi connectivity index (χ3n) is 7.84. The Morgan fingerprint density at radius 1 is 0.619 bits per heavy atom. The molecule has 0 N–H and O–H groups in total. The highest BCUT2D eigenvalue weighted by atomic mass is 79.9. The second-order valence-corrected chi connectivity index (χ2v) is 12.3. The lowest BCUT2D eigenvalue weighted by molar-refractivity contribution is 1.18. The van der Waals surface area contributed by atoms with Crippen LogP contribution < -0.4 is 0 Å². The molecule has 6 aromatic rings. The van der Waals surface area contributed by atoms with E-state index in [2.05, 4.69) is 183 Å². The van der Waals surface area contributed by atoms with Crippen LogP contribution in [0.15, 0.2) is 161 Å². The molecular formula is C39H27Br2N. The van der Waals surface area contributed by atoms with Crippen LogP contribution in [0.5, 0.6) is 0 Å². The van der Waals surface area contributed by atoms with Gasteiger partial charge < -0.3 is 4.57 Å². The van der Waals surface area contributed by atoms with E-state index in [9.17, 15) is 0 Å². The van der Waals surface area contributed by atoms with Crippen LogP contribution in [-0.4, -0.2) is 4.57 Å². The number of allylic oxidation sites excluding steroid dienone is 9. The van der Waals surface area contributed by atoms with Gasteiger partial charge in [-0.05, 0) is 99.6 Å². The molecule has 1 aliphatic carbocycles. The number of rotatable bonds is 3. The van der Waals surface area contributed by atoms with E-state index in [1.807, 2.05) is 0 Å². The molecule has 0 saturated carbocycles. The van der Waals surface area contributed by atoms with Crippen molar-refractivity contribution in [3.05, 3.63) is 166 Å². The van der Waals surface area contributed by atoms with Crippen LogP contribution >= 0.6 is 31.9 Å². The monoisotopic (exact) mass is 667 g/mol. The molecule has 1 aromatic heterocycles. The second-order valence-electron chi connectivity index (χ2n) is 10.5. The average molecular weight is 669 g/mol. The van der Waals surface area contributed by atoms with Crippen LogP contribution in [0.25, 0.3) is 55.0 Å². The minimum Gasteiger partial charge on any atom is -0.309 e. The molecule has 0 unspecified atom stereocenters. The minimum atomic E-state index is 0.897. The molecular weight excluding hydrogens is 642 g/mol. The SMILES string of the molecule is C=C1/C=C\C=C/C/C=C\C=C1c1cc(-c2cccc3ccccc23)cc(-n2c3ccc(Br)cc3c3cc(Br)ccc32)c1. The molecule has 0 saturated heterocycles. The van der Waals surface area contributed by atoms with E-state index in [0.717, 1.165) is 48.8 Å². The first-order chi connectivity index (χ1) is 20.6. The van der Waals surface area contributed by atoms with E-state index >= 15 is 0 Å². The van der Waals surface area contributed by atoms with E-state index < -0.39 is 0 Å². The summed E-state index contributed by atoms with van der Waals surface area (Å²) in [6.07, 6.45) is 15.8. The van der Waals surface area contributed by atoms with Gasteiger partial charge in [0.05, 0.1) is 11.0 Å². The number of halogens is 2. The van der Waals surface area contributed by atoms with Crippen molar-refractivity contribution in [2.45, 2.75) is 6.42 Å². The quantitative estimate of drug-likeness (QED) is 0.177. The van der Waals surface area contributed by atoms with Gasteiger partial charge in [-0.3, -0.25) is 0 Å². The normalized spacial score (nSPS) is 16.0. The van der Waals surface area contributed by atoms with E-state index in [0.29, 0.717) is 0 Å². The molecule has 0 radical (unpaired) electrons. The number of hydrogen-bond donors (Lipinski definition) is 0. The van der Waals surface area contributed by atoms with Crippen LogP contribution in [0.3, 0.4) is 0 Å². The number of fused-ring (bicyclic) bond motifs is 4. The summed E-state index contributed by atoms with van der Waals surface area (Å²) in [6, 6.07) is 35.2. The molecule has 0 fully saturated rings. The van der Waals surface area contributed by atoms with Gasteiger partial charge in [0, 0.05) is 25.4 Å². The first-order valence-corrected chi connectivity index (χ1v) is 15.6. The summed E-state index contributed by atoms with van der Waals surface area (Å²) >= 11 is 7.42. The maximum absolute atomic E-state index is 4.47. The largest absolute Gasteiger partial charge is 0.309 e. The van der Waals surface area contributed by atoms with Gasteiger partial charge in [0.2, 0.25) is 0 Å². The van der Waals surface area contributed by atoms with Gasteiger partial charge in [0.25, 0.3) is 0 Å². The Morgan fingerprint density at radius 2 is 1.31 bits per heavy atom. The number of benzene rings is 5. The van der Waals surface area contributed by atoms with Crippen LogP contribution in [0.1, 0.15) is 12.0 Å². The highest BCUT2D eigenvalue weighted by Crippen LogP contribution is 2.39. The lowest BCUT2D eigenvalue weighted by atomic mass is 9.91. The lowest BCUT2D eigenvalue weighted by Gasteiger charge is -2.17. The van der Waals surface area contributed by atoms with Crippen molar-refractivity contribution in [2.24, 2.45) is 0 Å². The van der Waals surface area contributed by atoms with Gasteiger partial charge in [-0.1, -0.05) is 123 Å². The average Bonchev–Trinajstić information content (AvgIpc) is 3.32. The molecule has 7 rings (SSSR count). The fraction of sp³-hybridized carbons (Fsp3) is 0.0256. The number of aromatic nitrogens is 1. The van der Waals surface area contributed by atoms with Crippen molar-refractivity contribution >= 4 is 70.0 Å². The van der Waals surface area contributed by atoms with Gasteiger partial charge in [-0.15, -0.1) is 0 Å². The van der Waals surface area contributed by atoms with Crippen molar-refractivity contribution in [2.75, 3.05) is 0 Å². The lowest BCUT2D eigenvalue weighted by Crippen LogP contribution is -1.98. The van der Waals surface area contributed by atoms with Gasteiger partial charge in [-0.2, -0.15) is 0 Å². The molecule has 42 heavy (non-hydrogen) atoms. The zero-order valence-electron chi connectivity index (χ0n) is 22.9. The molecule has 0 atom stereocenters. The summed E-state index contributed by atoms with van der Waals surface area (Å²) in [4.78, 5) is 0. The van der Waals surface area contributed by atoms with Crippen LogP contribution in [0, 0.1) is 0 Å². The van der Waals surface area contributed by atoms with Gasteiger partial charge in [0.15, 0.2) is 0 Å². The number of nitrogens with zero attached hydrogens (tertiary/aromatic N) is 1. The molecule has 3 heteroatoms. The fourth-order valence-corrected chi connectivity index (χ4v) is 6.63. The van der Waals surface area contributed by atoms with Gasteiger partial charge in [0.1, 0.15) is 0 Å². The van der Waals surface area contributed by atoms with Gasteiger partial charge in [-0.25, -0.2) is 0 Å². The number of hydrogen-bond acceptors (Lipinski definition) is 0. The molecule has 0 amide bonds. The summed E-state index contributed by atoms with van der Waals surface area (Å²) in [7, 11) is 0. The zero-order chi connectivity index (χ0) is 28.6. The molecule has 1 aliphatic rings. The Bertz CT molecular complexity index is 2090. The second kappa shape index (κ2) is 11.2. The summed E-state index contributed by atoms with van der Waals surface area (Å²) in [6.45, 7) is 4.47. The van der Waals surface area contributed by atoms with Crippen molar-refractivity contribution in [1.29, 1.82) is 0 Å². The molecule has 0 bridgehead atoms. The van der Waals surface area contributed by atoms with E-state index in [-0.39, 0.29) is 0 Å². The maximum Gasteiger partial charge on any atom is 0.0541 e. The molecule has 0 aliphatic heterocycles. The summed E-state index contributed by atoms with van der Waals surface area (Å²) in [5.74, 6) is 0. The predicted molar refractivity (Wildman–Crippen MR) is 188 cm³/mol. The summed E-state index contributed by atoms with van der Waals surface area (Å²) in [5.41, 5.74) is 9.02. The molecule has 202 valence electrons. The Morgan fingerprint density at radius 3 is 2.10 bits per heavy atom. The molecule has 0 spiro atoms. The summed E-state index contributed by atoms with van der Waals surface area (Å²) in [5, 5.41) is 4.88. The minimum absolute atomic E-state index is 0.897. The van der Waals surface area contributed by atoms with E-state index in [1.165, 1.54) is 32.7 Å². The van der Waals surface area contributed by atoms with Crippen molar-refractivity contribution in [3.8, 4) is 16.8 Å². The van der Waals surface area contributed by atoms with E-state index in [1.54, 1.807) is 0 Å². The Labute approximate surface area is 262 Å². The Hall–Kier alpha value is -4.18. The van der Waals surface area contributed by atoms with Crippen LogP contribution in [-0.2, 0) is 0 Å². The fourth-order valence-electron chi connectivity index (χ4n) is 5.90. The first kappa shape index (κ1) is 26.7. The molecule has 5 aromatic carbocycles. The van der Waals surface area contributed by atoms with Crippen molar-refractivity contribution in [3.63, 3.8) is 0 Å². The predicted octanol–water partition coefficient (Wildman–Crippen LogP) is 12.1. The third-order valence-corrected chi connectivity index (χ3v) is 8.82. The Kier molecular flexibility index (Phi) is 7.15. The third kappa shape index (κ3) is 4.93. The smallest absolute Gasteiger partial charge is 0.0541 e. The highest BCUT2D eigenvalue weighted by Gasteiger charge is 2.17. The molecule has 1 nitrogen and oxygen atoms in total. The molecule has 1 heterocycles. The van der Waals surface area contributed by atoms with Crippen molar-refractivity contribution in [1.82, 2.24) is 4.57 Å². The summed E-state index contributed by atoms with van der Waals surface area (Å²) < 4.78 is 4.52. The Balaban J connectivity index is 1.56.